The van der Waals surface area contributed by atoms with E-state index in [0.717, 1.165) is 11.1 Å². The largest absolute Gasteiger partial charge is 0.382 e. The topological polar surface area (TPSA) is 77.6 Å². The summed E-state index contributed by atoms with van der Waals surface area (Å²) in [6.45, 7) is 0. The molecule has 7 heteroatoms. The molecule has 5 nitrogen and oxygen atoms in total. The maximum Gasteiger partial charge on any atom is 0.184 e. The van der Waals surface area contributed by atoms with Crippen molar-refractivity contribution in [1.29, 1.82) is 0 Å². The zero-order valence-corrected chi connectivity index (χ0v) is 14.3. The first-order chi connectivity index (χ1) is 12.1. The summed E-state index contributed by atoms with van der Waals surface area (Å²) in [5.74, 6) is 0.287. The number of aromatic nitrogens is 4. The van der Waals surface area contributed by atoms with Crippen LogP contribution >= 0.6 is 23.2 Å². The molecule has 2 N–H and O–H groups in total. The van der Waals surface area contributed by atoms with E-state index in [-0.39, 0.29) is 5.82 Å². The maximum absolute atomic E-state index is 6.00. The Hall–Kier alpha value is -2.76. The Morgan fingerprint density at radius 3 is 1.76 bits per heavy atom. The van der Waals surface area contributed by atoms with Crippen molar-refractivity contribution in [3.05, 3.63) is 64.9 Å². The standard InChI is InChI=1S/C18H11Cl2N5/c19-12-5-1-10(2-6-12)14-15(11-3-7-13(20)8-4-11)25-18-16(24-14)17(21)22-9-23-18/h1-9H,(H2,21,22,23,25). The number of hydrogen-bond donors (Lipinski definition) is 1. The molecule has 0 unspecified atom stereocenters. The van der Waals surface area contributed by atoms with Crippen LogP contribution in [0.3, 0.4) is 0 Å². The average molecular weight is 368 g/mol. The van der Waals surface area contributed by atoms with Crippen molar-refractivity contribution in [2.45, 2.75) is 0 Å². The molecule has 0 saturated carbocycles. The molecule has 2 heterocycles. The summed E-state index contributed by atoms with van der Waals surface area (Å²) in [6, 6.07) is 14.8. The van der Waals surface area contributed by atoms with Crippen LogP contribution in [0.1, 0.15) is 0 Å². The lowest BCUT2D eigenvalue weighted by Crippen LogP contribution is -2.01. The quantitative estimate of drug-likeness (QED) is 0.558. The number of fused-ring (bicyclic) bond motifs is 1. The molecule has 25 heavy (non-hydrogen) atoms. The third kappa shape index (κ3) is 2.99. The maximum atomic E-state index is 6.00. The van der Waals surface area contributed by atoms with Crippen LogP contribution in [-0.2, 0) is 0 Å². The Morgan fingerprint density at radius 2 is 1.20 bits per heavy atom. The SMILES string of the molecule is Nc1ncnc2nc(-c3ccc(Cl)cc3)c(-c3ccc(Cl)cc3)nc12. The number of nitrogen functional groups attached to an aromatic ring is 1. The summed E-state index contributed by atoms with van der Waals surface area (Å²) in [7, 11) is 0. The van der Waals surface area contributed by atoms with Gasteiger partial charge in [0.15, 0.2) is 17.0 Å². The van der Waals surface area contributed by atoms with Crippen molar-refractivity contribution in [1.82, 2.24) is 19.9 Å². The second-order valence-electron chi connectivity index (χ2n) is 5.37. The van der Waals surface area contributed by atoms with Gasteiger partial charge in [-0.3, -0.25) is 0 Å². The molecule has 0 fully saturated rings. The highest BCUT2D eigenvalue weighted by atomic mass is 35.5. The second kappa shape index (κ2) is 6.27. The summed E-state index contributed by atoms with van der Waals surface area (Å²) < 4.78 is 0. The lowest BCUT2D eigenvalue weighted by atomic mass is 10.0. The lowest BCUT2D eigenvalue weighted by molar-refractivity contribution is 1.16. The molecule has 0 bridgehead atoms. The number of rotatable bonds is 2. The van der Waals surface area contributed by atoms with Gasteiger partial charge >= 0.3 is 0 Å². The molecule has 2 aromatic carbocycles. The first-order valence-electron chi connectivity index (χ1n) is 7.42. The van der Waals surface area contributed by atoms with Crippen molar-refractivity contribution in [2.24, 2.45) is 0 Å². The van der Waals surface area contributed by atoms with Gasteiger partial charge in [0, 0.05) is 21.2 Å². The second-order valence-corrected chi connectivity index (χ2v) is 6.24. The molecule has 0 amide bonds. The van der Waals surface area contributed by atoms with Gasteiger partial charge in [-0.05, 0) is 24.3 Å². The molecule has 4 aromatic rings. The minimum Gasteiger partial charge on any atom is -0.382 e. The van der Waals surface area contributed by atoms with Gasteiger partial charge in [0.25, 0.3) is 0 Å². The third-order valence-electron chi connectivity index (χ3n) is 3.73. The van der Waals surface area contributed by atoms with E-state index in [9.17, 15) is 0 Å². The Morgan fingerprint density at radius 1 is 0.680 bits per heavy atom. The number of anilines is 1. The van der Waals surface area contributed by atoms with E-state index >= 15 is 0 Å². The zero-order chi connectivity index (χ0) is 17.4. The molecule has 2 aromatic heterocycles. The highest BCUT2D eigenvalue weighted by Crippen LogP contribution is 2.32. The fourth-order valence-corrected chi connectivity index (χ4v) is 2.77. The van der Waals surface area contributed by atoms with E-state index in [2.05, 4.69) is 19.9 Å². The van der Waals surface area contributed by atoms with Gasteiger partial charge in [0.1, 0.15) is 6.33 Å². The molecule has 122 valence electrons. The van der Waals surface area contributed by atoms with Gasteiger partial charge in [0.05, 0.1) is 11.4 Å². The predicted molar refractivity (Wildman–Crippen MR) is 100 cm³/mol. The minimum absolute atomic E-state index is 0.287. The monoisotopic (exact) mass is 367 g/mol. The molecule has 0 radical (unpaired) electrons. The Labute approximate surface area is 153 Å². The van der Waals surface area contributed by atoms with Crippen molar-refractivity contribution in [2.75, 3.05) is 5.73 Å². The van der Waals surface area contributed by atoms with Crippen LogP contribution < -0.4 is 5.73 Å². The van der Waals surface area contributed by atoms with E-state index in [1.807, 2.05) is 36.4 Å². The van der Waals surface area contributed by atoms with Gasteiger partial charge < -0.3 is 5.73 Å². The van der Waals surface area contributed by atoms with Crippen LogP contribution in [0.5, 0.6) is 0 Å². The van der Waals surface area contributed by atoms with Crippen molar-refractivity contribution < 1.29 is 0 Å². The van der Waals surface area contributed by atoms with Gasteiger partial charge in [-0.15, -0.1) is 0 Å². The summed E-state index contributed by atoms with van der Waals surface area (Å²) >= 11 is 12.0. The van der Waals surface area contributed by atoms with Crippen LogP contribution in [0.2, 0.25) is 10.0 Å². The number of benzene rings is 2. The number of nitrogens with two attached hydrogens (primary N) is 1. The first kappa shape index (κ1) is 15.7. The summed E-state index contributed by atoms with van der Waals surface area (Å²) in [6.07, 6.45) is 1.37. The van der Waals surface area contributed by atoms with E-state index < -0.39 is 0 Å². The van der Waals surface area contributed by atoms with Crippen LogP contribution in [0.25, 0.3) is 33.7 Å². The molecule has 0 spiro atoms. The van der Waals surface area contributed by atoms with E-state index in [1.165, 1.54) is 6.33 Å². The fraction of sp³-hybridized carbons (Fsp3) is 0. The Balaban J connectivity index is 2.03. The van der Waals surface area contributed by atoms with Crippen molar-refractivity contribution in [3.8, 4) is 22.5 Å². The lowest BCUT2D eigenvalue weighted by Gasteiger charge is -2.11. The van der Waals surface area contributed by atoms with Gasteiger partial charge in [-0.1, -0.05) is 47.5 Å². The van der Waals surface area contributed by atoms with Crippen LogP contribution in [0, 0.1) is 0 Å². The van der Waals surface area contributed by atoms with Gasteiger partial charge in [-0.2, -0.15) is 0 Å². The summed E-state index contributed by atoms with van der Waals surface area (Å²) in [5, 5.41) is 1.30. The van der Waals surface area contributed by atoms with Crippen LogP contribution in [-0.4, -0.2) is 19.9 Å². The molecule has 0 atom stereocenters. The molecule has 4 rings (SSSR count). The van der Waals surface area contributed by atoms with E-state index in [4.69, 9.17) is 28.9 Å². The smallest absolute Gasteiger partial charge is 0.184 e. The number of halogens is 2. The molecule has 0 aliphatic heterocycles. The number of hydrogen-bond acceptors (Lipinski definition) is 5. The zero-order valence-electron chi connectivity index (χ0n) is 12.8. The van der Waals surface area contributed by atoms with Crippen molar-refractivity contribution in [3.63, 3.8) is 0 Å². The van der Waals surface area contributed by atoms with Crippen molar-refractivity contribution >= 4 is 40.2 Å². The Kier molecular flexibility index (Phi) is 3.95. The van der Waals surface area contributed by atoms with Crippen LogP contribution in [0.4, 0.5) is 5.82 Å². The van der Waals surface area contributed by atoms with E-state index in [0.29, 0.717) is 32.6 Å². The first-order valence-corrected chi connectivity index (χ1v) is 8.17. The fourth-order valence-electron chi connectivity index (χ4n) is 2.51. The van der Waals surface area contributed by atoms with E-state index in [1.54, 1.807) is 12.1 Å². The summed E-state index contributed by atoms with van der Waals surface area (Å²) in [5.41, 5.74) is 9.95. The molecule has 0 saturated heterocycles. The van der Waals surface area contributed by atoms with Gasteiger partial charge in [0.2, 0.25) is 0 Å². The average Bonchev–Trinajstić information content (AvgIpc) is 2.63. The molecule has 0 aliphatic rings. The molecular weight excluding hydrogens is 357 g/mol. The van der Waals surface area contributed by atoms with Gasteiger partial charge in [-0.25, -0.2) is 19.9 Å². The summed E-state index contributed by atoms with van der Waals surface area (Å²) in [4.78, 5) is 17.5. The normalized spacial score (nSPS) is 11.0. The predicted octanol–water partition coefficient (Wildman–Crippen LogP) is 4.64. The molecule has 0 aliphatic carbocycles. The third-order valence-corrected chi connectivity index (χ3v) is 4.24. The molecular formula is C18H11Cl2N5. The van der Waals surface area contributed by atoms with Crippen LogP contribution in [0.15, 0.2) is 54.9 Å². The highest BCUT2D eigenvalue weighted by molar-refractivity contribution is 6.31. The minimum atomic E-state index is 0.287. The Bertz CT molecular complexity index is 1060. The number of nitrogens with zero attached hydrogens (tertiary/aromatic N) is 4. The highest BCUT2D eigenvalue weighted by Gasteiger charge is 2.15.